The maximum absolute atomic E-state index is 4.57. The number of anilines is 2. The summed E-state index contributed by atoms with van der Waals surface area (Å²) in [6.07, 6.45) is 11.0. The van der Waals surface area contributed by atoms with Crippen molar-refractivity contribution < 1.29 is 0 Å². The lowest BCUT2D eigenvalue weighted by Gasteiger charge is -2.31. The summed E-state index contributed by atoms with van der Waals surface area (Å²) in [5.74, 6) is 1.70. The molecule has 24 heavy (non-hydrogen) atoms. The van der Waals surface area contributed by atoms with Crippen molar-refractivity contribution in [3.63, 3.8) is 0 Å². The first-order chi connectivity index (χ1) is 11.9. The van der Waals surface area contributed by atoms with Crippen LogP contribution in [0.5, 0.6) is 0 Å². The lowest BCUT2D eigenvalue weighted by Crippen LogP contribution is -2.28. The van der Waals surface area contributed by atoms with E-state index in [-0.39, 0.29) is 0 Å². The van der Waals surface area contributed by atoms with E-state index >= 15 is 0 Å². The Morgan fingerprint density at radius 3 is 2.29 bits per heavy atom. The van der Waals surface area contributed by atoms with Gasteiger partial charge in [-0.1, -0.05) is 36.8 Å². The van der Waals surface area contributed by atoms with Gasteiger partial charge in [0.15, 0.2) is 0 Å². The summed E-state index contributed by atoms with van der Waals surface area (Å²) in [7, 11) is 0. The highest BCUT2D eigenvalue weighted by molar-refractivity contribution is 5.48. The van der Waals surface area contributed by atoms with E-state index in [1.807, 2.05) is 6.20 Å². The van der Waals surface area contributed by atoms with Crippen LogP contribution in [0.3, 0.4) is 0 Å². The van der Waals surface area contributed by atoms with Crippen LogP contribution in [0.2, 0.25) is 0 Å². The number of pyridine rings is 1. The summed E-state index contributed by atoms with van der Waals surface area (Å²) in [5, 5.41) is 7.20. The Hall–Kier alpha value is -2.03. The highest BCUT2D eigenvalue weighted by Crippen LogP contribution is 2.34. The fourth-order valence-corrected chi connectivity index (χ4v) is 3.91. The van der Waals surface area contributed by atoms with E-state index in [4.69, 9.17) is 0 Å². The van der Waals surface area contributed by atoms with Crippen LogP contribution in [-0.4, -0.2) is 17.1 Å². The molecule has 2 saturated carbocycles. The van der Waals surface area contributed by atoms with Crippen molar-refractivity contribution in [1.82, 2.24) is 4.98 Å². The lowest BCUT2D eigenvalue weighted by atomic mass is 9.81. The van der Waals surface area contributed by atoms with Crippen molar-refractivity contribution in [3.8, 4) is 0 Å². The Bertz CT molecular complexity index is 634. The smallest absolute Gasteiger partial charge is 0.126 e. The normalized spacial score (nSPS) is 24.2. The first-order valence-electron chi connectivity index (χ1n) is 9.41. The highest BCUT2D eigenvalue weighted by atomic mass is 15.0. The van der Waals surface area contributed by atoms with Crippen LogP contribution in [0.15, 0.2) is 48.7 Å². The number of benzene rings is 1. The molecular weight excluding hydrogens is 294 g/mol. The molecule has 1 heterocycles. The van der Waals surface area contributed by atoms with Crippen LogP contribution >= 0.6 is 0 Å². The quantitative estimate of drug-likeness (QED) is 0.796. The van der Waals surface area contributed by atoms with Crippen molar-refractivity contribution in [2.24, 2.45) is 0 Å². The zero-order valence-corrected chi connectivity index (χ0v) is 14.2. The average molecular weight is 321 g/mol. The van der Waals surface area contributed by atoms with Gasteiger partial charge in [-0.05, 0) is 62.1 Å². The molecule has 1 aromatic carbocycles. The van der Waals surface area contributed by atoms with Gasteiger partial charge in [0.2, 0.25) is 0 Å². The van der Waals surface area contributed by atoms with Gasteiger partial charge in [-0.2, -0.15) is 0 Å². The molecular formula is C21H27N3. The van der Waals surface area contributed by atoms with Crippen molar-refractivity contribution in [2.75, 3.05) is 10.6 Å². The molecule has 2 aliphatic carbocycles. The minimum Gasteiger partial charge on any atom is -0.381 e. The van der Waals surface area contributed by atoms with Gasteiger partial charge in [0.05, 0.1) is 11.9 Å². The Morgan fingerprint density at radius 1 is 0.792 bits per heavy atom. The molecule has 126 valence electrons. The molecule has 0 amide bonds. The molecule has 1 aromatic heterocycles. The maximum atomic E-state index is 4.57. The zero-order chi connectivity index (χ0) is 16.2. The van der Waals surface area contributed by atoms with Gasteiger partial charge in [-0.25, -0.2) is 4.98 Å². The van der Waals surface area contributed by atoms with Gasteiger partial charge >= 0.3 is 0 Å². The fourth-order valence-electron chi connectivity index (χ4n) is 3.91. The standard InChI is InChI=1S/C21H27N3/c1-2-6-16(7-3-1)17-8-4-11-19(14-17)23-20-12-13-21(22-15-20)24-18-9-5-10-18/h1-3,6-7,12-13,15,17-19,23H,4-5,8-11,14H2,(H,22,24). The molecule has 3 heteroatoms. The van der Waals surface area contributed by atoms with Crippen LogP contribution in [0.25, 0.3) is 0 Å². The lowest BCUT2D eigenvalue weighted by molar-refractivity contribution is 0.410. The minimum absolute atomic E-state index is 0.552. The van der Waals surface area contributed by atoms with E-state index in [1.165, 1.54) is 50.5 Å². The molecule has 0 aliphatic heterocycles. The summed E-state index contributed by atoms with van der Waals surface area (Å²) in [6, 6.07) is 16.4. The largest absolute Gasteiger partial charge is 0.381 e. The maximum Gasteiger partial charge on any atom is 0.126 e. The van der Waals surface area contributed by atoms with E-state index < -0.39 is 0 Å². The van der Waals surface area contributed by atoms with E-state index in [0.29, 0.717) is 18.0 Å². The van der Waals surface area contributed by atoms with Crippen LogP contribution in [-0.2, 0) is 0 Å². The fraction of sp³-hybridized carbons (Fsp3) is 0.476. The first-order valence-corrected chi connectivity index (χ1v) is 9.41. The monoisotopic (exact) mass is 321 g/mol. The number of aromatic nitrogens is 1. The summed E-state index contributed by atoms with van der Waals surface area (Å²) >= 11 is 0. The zero-order valence-electron chi connectivity index (χ0n) is 14.2. The molecule has 2 aliphatic rings. The molecule has 4 rings (SSSR count). The summed E-state index contributed by atoms with van der Waals surface area (Å²) in [5.41, 5.74) is 2.63. The predicted octanol–water partition coefficient (Wildman–Crippen LogP) is 5.18. The van der Waals surface area contributed by atoms with Crippen LogP contribution < -0.4 is 10.6 Å². The third-order valence-electron chi connectivity index (χ3n) is 5.54. The summed E-state index contributed by atoms with van der Waals surface area (Å²) in [6.45, 7) is 0. The summed E-state index contributed by atoms with van der Waals surface area (Å²) < 4.78 is 0. The second-order valence-electron chi connectivity index (χ2n) is 7.32. The van der Waals surface area contributed by atoms with Crippen molar-refractivity contribution >= 4 is 11.5 Å². The molecule has 2 atom stereocenters. The van der Waals surface area contributed by atoms with E-state index in [9.17, 15) is 0 Å². The van der Waals surface area contributed by atoms with Crippen molar-refractivity contribution in [3.05, 3.63) is 54.2 Å². The molecule has 0 saturated heterocycles. The van der Waals surface area contributed by atoms with Gasteiger partial charge < -0.3 is 10.6 Å². The third kappa shape index (κ3) is 3.72. The van der Waals surface area contributed by atoms with Gasteiger partial charge in [0, 0.05) is 12.1 Å². The van der Waals surface area contributed by atoms with Gasteiger partial charge in [0.25, 0.3) is 0 Å². The second kappa shape index (κ2) is 7.25. The molecule has 2 unspecified atom stereocenters. The van der Waals surface area contributed by atoms with Gasteiger partial charge in [0.1, 0.15) is 5.82 Å². The van der Waals surface area contributed by atoms with Gasteiger partial charge in [-0.3, -0.25) is 0 Å². The van der Waals surface area contributed by atoms with Crippen molar-refractivity contribution in [1.29, 1.82) is 0 Å². The number of nitrogens with zero attached hydrogens (tertiary/aromatic N) is 1. The molecule has 0 spiro atoms. The first kappa shape index (κ1) is 15.5. The molecule has 3 nitrogen and oxygen atoms in total. The Kier molecular flexibility index (Phi) is 4.68. The molecule has 0 bridgehead atoms. The predicted molar refractivity (Wildman–Crippen MR) is 101 cm³/mol. The summed E-state index contributed by atoms with van der Waals surface area (Å²) in [4.78, 5) is 4.57. The third-order valence-corrected chi connectivity index (χ3v) is 5.54. The van der Waals surface area contributed by atoms with E-state index in [2.05, 4.69) is 58.1 Å². The van der Waals surface area contributed by atoms with E-state index in [1.54, 1.807) is 0 Å². The van der Waals surface area contributed by atoms with E-state index in [0.717, 1.165) is 11.5 Å². The van der Waals surface area contributed by atoms with Gasteiger partial charge in [-0.15, -0.1) is 0 Å². The number of hydrogen-bond donors (Lipinski definition) is 2. The molecule has 2 aromatic rings. The topological polar surface area (TPSA) is 37.0 Å². The number of hydrogen-bond acceptors (Lipinski definition) is 3. The Labute approximate surface area is 144 Å². The van der Waals surface area contributed by atoms with Crippen LogP contribution in [0, 0.1) is 0 Å². The SMILES string of the molecule is c1ccc(C2CCCC(Nc3ccc(NC4CCC4)nc3)C2)cc1. The Morgan fingerprint density at radius 2 is 1.58 bits per heavy atom. The van der Waals surface area contributed by atoms with Crippen LogP contribution in [0.1, 0.15) is 56.4 Å². The van der Waals surface area contributed by atoms with Crippen molar-refractivity contribution in [2.45, 2.75) is 62.9 Å². The highest BCUT2D eigenvalue weighted by Gasteiger charge is 2.23. The molecule has 0 radical (unpaired) electrons. The Balaban J connectivity index is 1.34. The van der Waals surface area contributed by atoms with Crippen LogP contribution in [0.4, 0.5) is 11.5 Å². The number of nitrogens with one attached hydrogen (secondary N) is 2. The molecule has 2 fully saturated rings. The second-order valence-corrected chi connectivity index (χ2v) is 7.32. The number of rotatable bonds is 5. The molecule has 2 N–H and O–H groups in total. The average Bonchev–Trinajstić information content (AvgIpc) is 2.61. The minimum atomic E-state index is 0.552.